The van der Waals surface area contributed by atoms with Crippen molar-refractivity contribution in [1.29, 1.82) is 0 Å². The summed E-state index contributed by atoms with van der Waals surface area (Å²) in [5, 5.41) is 9.16. The number of aliphatic hydroxyl groups is 1. The van der Waals surface area contributed by atoms with Crippen LogP contribution in [0.1, 0.15) is 17.9 Å². The van der Waals surface area contributed by atoms with Gasteiger partial charge in [0.15, 0.2) is 0 Å². The summed E-state index contributed by atoms with van der Waals surface area (Å²) < 4.78 is 16.0. The summed E-state index contributed by atoms with van der Waals surface area (Å²) in [5.74, 6) is 2.90. The topological polar surface area (TPSA) is 47.9 Å². The fourth-order valence-corrected chi connectivity index (χ4v) is 2.20. The first-order valence-corrected chi connectivity index (χ1v) is 5.65. The first kappa shape index (κ1) is 12.0. The molecule has 2 rings (SSSR count). The molecule has 4 heteroatoms. The van der Waals surface area contributed by atoms with Crippen molar-refractivity contribution in [3.8, 4) is 17.2 Å². The van der Waals surface area contributed by atoms with Gasteiger partial charge in [0.2, 0.25) is 0 Å². The highest BCUT2D eigenvalue weighted by molar-refractivity contribution is 5.54. The fraction of sp³-hybridized carbons (Fsp3) is 0.538. The molecule has 0 saturated heterocycles. The van der Waals surface area contributed by atoms with Gasteiger partial charge in [-0.25, -0.2) is 0 Å². The number of methoxy groups -OCH3 is 3. The maximum absolute atomic E-state index is 9.16. The second-order valence-corrected chi connectivity index (χ2v) is 4.23. The number of hydrogen-bond acceptors (Lipinski definition) is 4. The van der Waals surface area contributed by atoms with Crippen molar-refractivity contribution >= 4 is 0 Å². The summed E-state index contributed by atoms with van der Waals surface area (Å²) in [7, 11) is 4.88. The molecule has 0 aliphatic heterocycles. The van der Waals surface area contributed by atoms with E-state index in [4.69, 9.17) is 19.3 Å². The Morgan fingerprint density at radius 3 is 2.06 bits per heavy atom. The zero-order valence-corrected chi connectivity index (χ0v) is 10.4. The highest BCUT2D eigenvalue weighted by atomic mass is 16.5. The fourth-order valence-electron chi connectivity index (χ4n) is 2.20. The Balaban J connectivity index is 2.41. The van der Waals surface area contributed by atoms with E-state index < -0.39 is 0 Å². The molecule has 0 bridgehead atoms. The zero-order valence-electron chi connectivity index (χ0n) is 10.4. The van der Waals surface area contributed by atoms with Gasteiger partial charge in [0.25, 0.3) is 0 Å². The van der Waals surface area contributed by atoms with E-state index in [0.717, 1.165) is 23.5 Å². The molecule has 4 nitrogen and oxygen atoms in total. The lowest BCUT2D eigenvalue weighted by molar-refractivity contribution is 0.273. The second-order valence-electron chi connectivity index (χ2n) is 4.23. The zero-order chi connectivity index (χ0) is 12.4. The summed E-state index contributed by atoms with van der Waals surface area (Å²) in [4.78, 5) is 0. The standard InChI is InChI=1S/C13H18O4/c1-15-9-5-11(16-2)13(12(6-9)17-3)10-4-8(10)7-14/h5-6,8,10,14H,4,7H2,1-3H3. The van der Waals surface area contributed by atoms with Gasteiger partial charge in [0.05, 0.1) is 21.3 Å². The van der Waals surface area contributed by atoms with Gasteiger partial charge in [-0.15, -0.1) is 0 Å². The van der Waals surface area contributed by atoms with Gasteiger partial charge in [0.1, 0.15) is 17.2 Å². The van der Waals surface area contributed by atoms with Crippen LogP contribution in [-0.2, 0) is 0 Å². The first-order valence-electron chi connectivity index (χ1n) is 5.65. The Labute approximate surface area is 101 Å². The summed E-state index contributed by atoms with van der Waals surface area (Å²) >= 11 is 0. The van der Waals surface area contributed by atoms with Crippen molar-refractivity contribution in [3.05, 3.63) is 17.7 Å². The Morgan fingerprint density at radius 1 is 1.12 bits per heavy atom. The van der Waals surface area contributed by atoms with E-state index in [1.807, 2.05) is 12.1 Å². The molecule has 0 aromatic heterocycles. The molecule has 1 N–H and O–H groups in total. The van der Waals surface area contributed by atoms with Crippen LogP contribution >= 0.6 is 0 Å². The van der Waals surface area contributed by atoms with E-state index in [9.17, 15) is 0 Å². The molecule has 17 heavy (non-hydrogen) atoms. The lowest BCUT2D eigenvalue weighted by Gasteiger charge is -2.14. The monoisotopic (exact) mass is 238 g/mol. The Morgan fingerprint density at radius 2 is 1.71 bits per heavy atom. The Kier molecular flexibility index (Phi) is 3.43. The number of ether oxygens (including phenoxy) is 3. The minimum absolute atomic E-state index is 0.211. The van der Waals surface area contributed by atoms with Crippen LogP contribution in [-0.4, -0.2) is 33.0 Å². The second kappa shape index (κ2) is 4.84. The SMILES string of the molecule is COc1cc(OC)c(C2CC2CO)c(OC)c1. The smallest absolute Gasteiger partial charge is 0.129 e. The predicted molar refractivity (Wildman–Crippen MR) is 64.0 cm³/mol. The van der Waals surface area contributed by atoms with Gasteiger partial charge >= 0.3 is 0 Å². The predicted octanol–water partition coefficient (Wildman–Crippen LogP) is 1.81. The molecule has 1 aromatic carbocycles. The number of rotatable bonds is 5. The lowest BCUT2D eigenvalue weighted by Crippen LogP contribution is -1.99. The van der Waals surface area contributed by atoms with Crippen LogP contribution in [0.2, 0.25) is 0 Å². The average Bonchev–Trinajstić information content (AvgIpc) is 3.15. The molecule has 2 atom stereocenters. The molecular formula is C13H18O4. The average molecular weight is 238 g/mol. The third kappa shape index (κ3) is 2.17. The highest BCUT2D eigenvalue weighted by Gasteiger charge is 2.41. The summed E-state index contributed by atoms with van der Waals surface area (Å²) in [6.45, 7) is 0.211. The van der Waals surface area contributed by atoms with Crippen molar-refractivity contribution in [2.45, 2.75) is 12.3 Å². The van der Waals surface area contributed by atoms with E-state index in [0.29, 0.717) is 17.6 Å². The first-order chi connectivity index (χ1) is 8.24. The van der Waals surface area contributed by atoms with Gasteiger partial charge in [-0.1, -0.05) is 0 Å². The van der Waals surface area contributed by atoms with E-state index in [2.05, 4.69) is 0 Å². The van der Waals surface area contributed by atoms with Crippen molar-refractivity contribution < 1.29 is 19.3 Å². The minimum Gasteiger partial charge on any atom is -0.496 e. The molecule has 1 saturated carbocycles. The summed E-state index contributed by atoms with van der Waals surface area (Å²) in [5.41, 5.74) is 1.04. The quantitative estimate of drug-likeness (QED) is 0.850. The number of aliphatic hydroxyl groups excluding tert-OH is 1. The molecule has 0 spiro atoms. The van der Waals surface area contributed by atoms with Gasteiger partial charge in [-0.3, -0.25) is 0 Å². The minimum atomic E-state index is 0.211. The maximum atomic E-state index is 9.16. The van der Waals surface area contributed by atoms with Crippen LogP contribution in [0.3, 0.4) is 0 Å². The van der Waals surface area contributed by atoms with Crippen molar-refractivity contribution in [2.75, 3.05) is 27.9 Å². The highest BCUT2D eigenvalue weighted by Crippen LogP contribution is 2.54. The molecule has 1 fully saturated rings. The van der Waals surface area contributed by atoms with E-state index >= 15 is 0 Å². The number of benzene rings is 1. The van der Waals surface area contributed by atoms with Crippen LogP contribution < -0.4 is 14.2 Å². The summed E-state index contributed by atoms with van der Waals surface area (Å²) in [6.07, 6.45) is 0.982. The normalized spacial score (nSPS) is 22.1. The molecule has 94 valence electrons. The van der Waals surface area contributed by atoms with Gasteiger partial charge < -0.3 is 19.3 Å². The maximum Gasteiger partial charge on any atom is 0.129 e. The van der Waals surface area contributed by atoms with Crippen LogP contribution in [0.25, 0.3) is 0 Å². The van der Waals surface area contributed by atoms with Crippen LogP contribution in [0.15, 0.2) is 12.1 Å². The van der Waals surface area contributed by atoms with E-state index in [1.165, 1.54) is 0 Å². The molecule has 1 aromatic rings. The lowest BCUT2D eigenvalue weighted by atomic mass is 10.1. The molecule has 1 aliphatic rings. The van der Waals surface area contributed by atoms with Gasteiger partial charge in [-0.05, 0) is 18.3 Å². The molecule has 0 heterocycles. The Hall–Kier alpha value is -1.42. The molecule has 2 unspecified atom stereocenters. The van der Waals surface area contributed by atoms with Crippen molar-refractivity contribution in [1.82, 2.24) is 0 Å². The molecule has 0 amide bonds. The largest absolute Gasteiger partial charge is 0.496 e. The Bertz CT molecular complexity index is 377. The van der Waals surface area contributed by atoms with Crippen molar-refractivity contribution in [2.24, 2.45) is 5.92 Å². The van der Waals surface area contributed by atoms with E-state index in [-0.39, 0.29) is 6.61 Å². The van der Waals surface area contributed by atoms with Crippen molar-refractivity contribution in [3.63, 3.8) is 0 Å². The summed E-state index contributed by atoms with van der Waals surface area (Å²) in [6, 6.07) is 3.70. The third-order valence-corrected chi connectivity index (χ3v) is 3.28. The van der Waals surface area contributed by atoms with Crippen LogP contribution in [0.5, 0.6) is 17.2 Å². The molecule has 0 radical (unpaired) electrons. The van der Waals surface area contributed by atoms with E-state index in [1.54, 1.807) is 21.3 Å². The molecular weight excluding hydrogens is 220 g/mol. The van der Waals surface area contributed by atoms with Gasteiger partial charge in [0, 0.05) is 24.3 Å². The van der Waals surface area contributed by atoms with Gasteiger partial charge in [-0.2, -0.15) is 0 Å². The third-order valence-electron chi connectivity index (χ3n) is 3.28. The van der Waals surface area contributed by atoms with Crippen LogP contribution in [0.4, 0.5) is 0 Å². The van der Waals surface area contributed by atoms with Crippen LogP contribution in [0, 0.1) is 5.92 Å². The number of hydrogen-bond donors (Lipinski definition) is 1. The molecule has 1 aliphatic carbocycles.